The average Bonchev–Trinajstić information content (AvgIpc) is 1.58. The number of ketones is 2. The Balaban J connectivity index is 0.000000184. The lowest BCUT2D eigenvalue weighted by molar-refractivity contribution is 0.0230. The lowest BCUT2D eigenvalue weighted by atomic mass is 10.0. The summed E-state index contributed by atoms with van der Waals surface area (Å²) < 4.78 is 32.3. The molecular weight excluding hydrogens is 1940 g/mol. The third kappa shape index (κ3) is 32.2. The van der Waals surface area contributed by atoms with E-state index in [1.165, 1.54) is 70.6 Å². The number of benzene rings is 2. The minimum absolute atomic E-state index is 0.0198. The van der Waals surface area contributed by atoms with Gasteiger partial charge in [0.2, 0.25) is 20.0 Å². The van der Waals surface area contributed by atoms with Crippen LogP contribution >= 0.6 is 123 Å². The summed E-state index contributed by atoms with van der Waals surface area (Å²) in [5, 5.41) is 32.9. The average molecular weight is 2040 g/mol. The molecule has 0 bridgehead atoms. The first-order chi connectivity index (χ1) is 60.5. The molecule has 6 N–H and O–H groups in total. The number of carboxylic acids is 2. The Kier molecular flexibility index (Phi) is 37.2. The van der Waals surface area contributed by atoms with Crippen molar-refractivity contribution >= 4 is 214 Å². The molecule has 14 rings (SSSR count). The van der Waals surface area contributed by atoms with E-state index in [2.05, 4.69) is 103 Å². The Morgan fingerprint density at radius 3 is 1.10 bits per heavy atom. The second-order valence-electron chi connectivity index (χ2n) is 32.2. The molecule has 4 fully saturated rings. The normalized spacial score (nSPS) is 14.1. The molecule has 4 aliphatic rings. The van der Waals surface area contributed by atoms with Gasteiger partial charge in [-0.2, -0.15) is 0 Å². The van der Waals surface area contributed by atoms with E-state index in [1.807, 2.05) is 133 Å². The van der Waals surface area contributed by atoms with E-state index >= 15 is 0 Å². The predicted octanol–water partition coefficient (Wildman–Crippen LogP) is 17.2. The molecule has 4 saturated heterocycles. The SMILES string of the molecule is CC(C)(C)OC(=O)N1CCN(c2cnc(C(=O)O)s2)CC1.CC(C)(C)OC(=O)Nc1ccc(-c2cccs2)cc1CC(=O)c1ncc(N2CCN(C(=O)OC(C)(C)C)CC2)s1.COC(=O)c1ncc(Br)s1.COC(=O)c1ncc(N2CCN(C(=O)OC(C)(C)C)CC2)s1.Nc1ccc(-c2cccs2)cc1CC(=O)c1ncc(N2CCNCC2)s1.O=C(O)c1ncc(Br)s1. The standard InChI is InChI=1S/C29H36N4O5S2.C19H20N4OS2.C14H21N3O4S.C13H19N3O4S.C5H4BrNO2S.C4H2BrNO2S/c1-28(2,3)37-26(35)31-21-10-9-19(23-8-7-15-39-23)16-20(21)17-22(34)25-30-18-24(40-25)32-11-13-33(14-12-32)27(36)38-29(4,5)6;20-15-4-3-13(17-2-1-9-25-17)10-14(15)11-16(24)19-22-12-18(26-19)23-7-5-21-6-8-23;1-14(2,3)21-13(19)17-7-5-16(6-8-17)10-9-15-11(22-10)12(18)20-4;1-13(2,3)20-12(19)16-6-4-15(5-7-16)9-8-14-10(21-9)11(17)18;1-9-5(8)4-7-2-3(6)10-4;5-2-1-6-3(9-2)4(7)8/h7-10,15-16,18H,11-14,17H2,1-6H3,(H,31,35);1-4,9-10,12,21H,5-8,11,20H2;9H,5-8H2,1-4H3;8H,4-7H2,1-3H3,(H,17,18);2H,1H3;1H,(H,7,8). The highest BCUT2D eigenvalue weighted by atomic mass is 79.9. The van der Waals surface area contributed by atoms with Crippen molar-refractivity contribution in [3.8, 4) is 20.9 Å². The van der Waals surface area contributed by atoms with Gasteiger partial charge in [-0.05, 0) is 184 Å². The smallest absolute Gasteiger partial charge is 0.412 e. The summed E-state index contributed by atoms with van der Waals surface area (Å²) in [7, 11) is 2.67. The van der Waals surface area contributed by atoms with E-state index in [1.54, 1.807) is 89.0 Å². The van der Waals surface area contributed by atoms with Crippen LogP contribution in [-0.4, -0.2) is 256 Å². The number of nitrogens with two attached hydrogens (primary N) is 1. The number of carboxylic acid groups (broad SMARTS) is 2. The van der Waals surface area contributed by atoms with Crippen molar-refractivity contribution in [1.29, 1.82) is 0 Å². The fourth-order valence-electron chi connectivity index (χ4n) is 11.9. The minimum atomic E-state index is -1.02. The Bertz CT molecular complexity index is 5390. The number of halogens is 2. The summed E-state index contributed by atoms with van der Waals surface area (Å²) in [6, 6.07) is 19.6. The van der Waals surface area contributed by atoms with Crippen molar-refractivity contribution in [2.75, 3.05) is 150 Å². The van der Waals surface area contributed by atoms with Gasteiger partial charge in [-0.3, -0.25) is 14.9 Å². The van der Waals surface area contributed by atoms with Gasteiger partial charge in [0.25, 0.3) is 0 Å². The third-order valence-corrected chi connectivity index (χ3v) is 26.9. The van der Waals surface area contributed by atoms with Crippen LogP contribution < -0.4 is 36.0 Å². The number of nitrogen functional groups attached to an aromatic ring is 1. The van der Waals surface area contributed by atoms with Crippen LogP contribution in [0, 0.1) is 0 Å². The topological polar surface area (TPSA) is 417 Å². The van der Waals surface area contributed by atoms with Crippen molar-refractivity contribution in [3.05, 3.63) is 157 Å². The molecule has 4 aliphatic heterocycles. The first kappa shape index (κ1) is 102. The third-order valence-electron chi connectivity index (χ3n) is 17.8. The zero-order valence-corrected chi connectivity index (χ0v) is 82.7. The number of hydrogen-bond acceptors (Lipinski definition) is 36. The quantitative estimate of drug-likeness (QED) is 0.0245. The van der Waals surface area contributed by atoms with Gasteiger partial charge in [0, 0.05) is 139 Å². The number of anilines is 6. The van der Waals surface area contributed by atoms with Crippen LogP contribution in [0.25, 0.3) is 20.9 Å². The molecule has 8 aromatic heterocycles. The predicted molar refractivity (Wildman–Crippen MR) is 510 cm³/mol. The van der Waals surface area contributed by atoms with Gasteiger partial charge in [-0.25, -0.2) is 68.3 Å². The zero-order valence-electron chi connectivity index (χ0n) is 73.0. The molecular formula is C84H102Br2N16O18S8. The van der Waals surface area contributed by atoms with Gasteiger partial charge in [0.15, 0.2) is 21.6 Å². The van der Waals surface area contributed by atoms with Crippen molar-refractivity contribution in [2.24, 2.45) is 0 Å². The number of hydrogen-bond donors (Lipinski definition) is 5. The van der Waals surface area contributed by atoms with Gasteiger partial charge >= 0.3 is 48.3 Å². The second kappa shape index (κ2) is 46.9. The molecule has 688 valence electrons. The van der Waals surface area contributed by atoms with Crippen molar-refractivity contribution in [3.63, 3.8) is 0 Å². The first-order valence-corrected chi connectivity index (χ1v) is 48.2. The molecule has 0 aliphatic carbocycles. The fourth-order valence-corrected chi connectivity index (χ4v) is 19.0. The monoisotopic (exact) mass is 2040 g/mol. The molecule has 0 atom stereocenters. The van der Waals surface area contributed by atoms with Crippen LogP contribution in [0.15, 0.2) is 116 Å². The van der Waals surface area contributed by atoms with Crippen molar-refractivity contribution < 1.29 is 86.6 Å². The van der Waals surface area contributed by atoms with Crippen LogP contribution in [0.4, 0.5) is 50.6 Å². The molecule has 10 aromatic rings. The highest BCUT2D eigenvalue weighted by Gasteiger charge is 2.32. The van der Waals surface area contributed by atoms with E-state index in [0.29, 0.717) is 116 Å². The Morgan fingerprint density at radius 2 is 0.750 bits per heavy atom. The van der Waals surface area contributed by atoms with Crippen LogP contribution in [0.1, 0.15) is 153 Å². The lowest BCUT2D eigenvalue weighted by Gasteiger charge is -2.35. The molecule has 2 aromatic carbocycles. The van der Waals surface area contributed by atoms with Gasteiger partial charge < -0.3 is 84.0 Å². The molecule has 0 unspecified atom stereocenters. The van der Waals surface area contributed by atoms with Gasteiger partial charge in [-0.15, -0.1) is 45.3 Å². The number of ether oxygens (including phenoxy) is 6. The lowest BCUT2D eigenvalue weighted by Crippen LogP contribution is -2.49. The number of methoxy groups -OCH3 is 2. The molecule has 4 amide bonds. The van der Waals surface area contributed by atoms with E-state index in [-0.39, 0.29) is 52.7 Å². The summed E-state index contributed by atoms with van der Waals surface area (Å²) in [4.78, 5) is 158. The number of rotatable bonds is 17. The minimum Gasteiger partial charge on any atom is -0.476 e. The van der Waals surface area contributed by atoms with E-state index in [0.717, 1.165) is 98.0 Å². The van der Waals surface area contributed by atoms with E-state index in [4.69, 9.17) is 34.9 Å². The number of amides is 4. The Hall–Kier alpha value is -10.2. The fraction of sp³-hybridized carbons (Fsp3) is 0.429. The summed E-state index contributed by atoms with van der Waals surface area (Å²) in [6.07, 6.45) is 8.66. The number of esters is 2. The number of thiazole rings is 6. The zero-order chi connectivity index (χ0) is 93.4. The summed E-state index contributed by atoms with van der Waals surface area (Å²) in [5.41, 5.74) is 8.73. The van der Waals surface area contributed by atoms with E-state index < -0.39 is 52.4 Å². The number of carbonyl (C=O) groups is 10. The molecule has 12 heterocycles. The number of nitrogens with zero attached hydrogens (tertiary/aromatic N) is 13. The van der Waals surface area contributed by atoms with Gasteiger partial charge in [-0.1, -0.05) is 69.6 Å². The molecule has 0 saturated carbocycles. The summed E-state index contributed by atoms with van der Waals surface area (Å²) in [6.45, 7) is 33.1. The molecule has 34 nitrogen and oxygen atoms in total. The maximum absolute atomic E-state index is 13.4. The molecule has 0 radical (unpaired) electrons. The molecule has 44 heteroatoms. The maximum Gasteiger partial charge on any atom is 0.412 e. The highest BCUT2D eigenvalue weighted by Crippen LogP contribution is 2.35. The van der Waals surface area contributed by atoms with Crippen LogP contribution in [0.5, 0.6) is 0 Å². The highest BCUT2D eigenvalue weighted by molar-refractivity contribution is 9.11. The van der Waals surface area contributed by atoms with Crippen molar-refractivity contribution in [2.45, 2.75) is 118 Å². The first-order valence-electron chi connectivity index (χ1n) is 40.0. The Labute approximate surface area is 790 Å². The largest absolute Gasteiger partial charge is 0.476 e. The summed E-state index contributed by atoms with van der Waals surface area (Å²) in [5.74, 6) is -2.94. The number of carbonyl (C=O) groups excluding carboxylic acids is 8. The molecule has 0 spiro atoms. The van der Waals surface area contributed by atoms with Crippen molar-refractivity contribution in [1.82, 2.24) is 49.9 Å². The maximum atomic E-state index is 13.4. The number of nitrogens with one attached hydrogen (secondary N) is 2. The molecule has 128 heavy (non-hydrogen) atoms. The summed E-state index contributed by atoms with van der Waals surface area (Å²) >= 11 is 17.2. The second-order valence-corrected chi connectivity index (χ2v) is 43.0. The Morgan fingerprint density at radius 1 is 0.422 bits per heavy atom. The van der Waals surface area contributed by atoms with Crippen LogP contribution in [0.2, 0.25) is 0 Å². The van der Waals surface area contributed by atoms with Crippen LogP contribution in [0.3, 0.4) is 0 Å². The number of piperazine rings is 4. The number of aromatic carboxylic acids is 2. The number of thiophene rings is 2. The number of Topliss-reactive ketones (excluding diaryl/α,β-unsaturated/α-hetero) is 2. The van der Waals surface area contributed by atoms with E-state index in [9.17, 15) is 47.9 Å². The van der Waals surface area contributed by atoms with Gasteiger partial charge in [0.1, 0.15) is 42.4 Å². The number of aromatic nitrogens is 6. The van der Waals surface area contributed by atoms with Crippen LogP contribution in [-0.2, 0) is 41.3 Å². The van der Waals surface area contributed by atoms with Gasteiger partial charge in [0.05, 0.1) is 59.0 Å².